The second-order valence-corrected chi connectivity index (χ2v) is 7.47. The van der Waals surface area contributed by atoms with E-state index in [1.807, 2.05) is 6.07 Å². The van der Waals surface area contributed by atoms with Gasteiger partial charge in [0.05, 0.1) is 24.7 Å². The normalized spacial score (nSPS) is 13.2. The third kappa shape index (κ3) is 3.46. The fourth-order valence-corrected chi connectivity index (χ4v) is 3.96. The van der Waals surface area contributed by atoms with Crippen molar-refractivity contribution in [3.63, 3.8) is 0 Å². The van der Waals surface area contributed by atoms with Crippen molar-refractivity contribution in [3.8, 4) is 11.5 Å². The first kappa shape index (κ1) is 17.3. The topological polar surface area (TPSA) is 81.7 Å². The van der Waals surface area contributed by atoms with E-state index in [1.165, 1.54) is 31.9 Å². The Labute approximate surface area is 146 Å². The second kappa shape index (κ2) is 6.76. The molecule has 3 rings (SSSR count). The van der Waals surface area contributed by atoms with Crippen LogP contribution in [0, 0.1) is 0 Å². The Morgan fingerprint density at radius 1 is 1.00 bits per heavy atom. The molecule has 1 aliphatic carbocycles. The number of sulfonamides is 1. The molecule has 0 aliphatic heterocycles. The van der Waals surface area contributed by atoms with Crippen LogP contribution in [-0.4, -0.2) is 28.5 Å². The summed E-state index contributed by atoms with van der Waals surface area (Å²) in [4.78, 5) is 12.6. The molecule has 25 heavy (non-hydrogen) atoms. The molecule has 0 saturated carbocycles. The van der Waals surface area contributed by atoms with Crippen LogP contribution >= 0.6 is 0 Å². The van der Waals surface area contributed by atoms with Crippen LogP contribution in [0.3, 0.4) is 0 Å². The van der Waals surface area contributed by atoms with E-state index in [-0.39, 0.29) is 16.2 Å². The molecule has 0 heterocycles. The van der Waals surface area contributed by atoms with Crippen molar-refractivity contribution in [2.45, 2.75) is 24.2 Å². The van der Waals surface area contributed by atoms with Crippen LogP contribution < -0.4 is 14.2 Å². The number of carbonyl (C=O) groups is 1. The lowest BCUT2D eigenvalue weighted by atomic mass is 10.1. The van der Waals surface area contributed by atoms with Gasteiger partial charge in [0.25, 0.3) is 15.9 Å². The van der Waals surface area contributed by atoms with Crippen molar-refractivity contribution in [2.24, 2.45) is 0 Å². The van der Waals surface area contributed by atoms with Gasteiger partial charge >= 0.3 is 0 Å². The van der Waals surface area contributed by atoms with Crippen LogP contribution in [0.2, 0.25) is 0 Å². The molecule has 0 aromatic heterocycles. The number of hydrogen-bond donors (Lipinski definition) is 1. The number of aryl methyl sites for hydroxylation is 2. The van der Waals surface area contributed by atoms with Gasteiger partial charge in [-0.25, -0.2) is 13.1 Å². The molecule has 0 radical (unpaired) electrons. The first-order valence-electron chi connectivity index (χ1n) is 7.85. The number of amides is 1. The highest BCUT2D eigenvalue weighted by atomic mass is 32.2. The summed E-state index contributed by atoms with van der Waals surface area (Å²) in [5.74, 6) is -0.0698. The van der Waals surface area contributed by atoms with E-state index in [4.69, 9.17) is 9.47 Å². The molecule has 0 saturated heterocycles. The van der Waals surface area contributed by atoms with Crippen molar-refractivity contribution < 1.29 is 22.7 Å². The number of methoxy groups -OCH3 is 2. The summed E-state index contributed by atoms with van der Waals surface area (Å²) >= 11 is 0. The summed E-state index contributed by atoms with van der Waals surface area (Å²) in [6.45, 7) is 0. The number of rotatable bonds is 5. The maximum absolute atomic E-state index is 12.6. The molecule has 6 nitrogen and oxygen atoms in total. The standard InChI is InChI=1S/C18H19NO5S/c1-23-14-7-9-17(24-2)16(11-14)18(20)19-25(21,22)15-8-6-12-4-3-5-13(12)10-15/h6-11H,3-5H2,1-2H3,(H,19,20). The molecule has 1 aliphatic rings. The minimum absolute atomic E-state index is 0.0864. The van der Waals surface area contributed by atoms with Crippen molar-refractivity contribution in [1.29, 1.82) is 0 Å². The van der Waals surface area contributed by atoms with Gasteiger partial charge in [0.2, 0.25) is 0 Å². The molecule has 0 spiro atoms. The van der Waals surface area contributed by atoms with E-state index in [9.17, 15) is 13.2 Å². The van der Waals surface area contributed by atoms with Crippen LogP contribution in [-0.2, 0) is 22.9 Å². The van der Waals surface area contributed by atoms with Gasteiger partial charge < -0.3 is 9.47 Å². The summed E-state index contributed by atoms with van der Waals surface area (Å²) < 4.78 is 37.5. The summed E-state index contributed by atoms with van der Waals surface area (Å²) in [5.41, 5.74) is 2.28. The number of hydrogen-bond acceptors (Lipinski definition) is 5. The average Bonchev–Trinajstić information content (AvgIpc) is 3.08. The molecule has 0 fully saturated rings. The fourth-order valence-electron chi connectivity index (χ4n) is 2.94. The van der Waals surface area contributed by atoms with E-state index in [0.29, 0.717) is 5.75 Å². The predicted molar refractivity (Wildman–Crippen MR) is 92.7 cm³/mol. The SMILES string of the molecule is COc1ccc(OC)c(C(=O)NS(=O)(=O)c2ccc3c(c2)CCC3)c1. The van der Waals surface area contributed by atoms with Gasteiger partial charge in [0.15, 0.2) is 0 Å². The van der Waals surface area contributed by atoms with Crippen molar-refractivity contribution in [1.82, 2.24) is 4.72 Å². The van der Waals surface area contributed by atoms with Gasteiger partial charge in [-0.15, -0.1) is 0 Å². The summed E-state index contributed by atoms with van der Waals surface area (Å²) in [5, 5.41) is 0. The fraction of sp³-hybridized carbons (Fsp3) is 0.278. The number of fused-ring (bicyclic) bond motifs is 1. The Bertz CT molecular complexity index is 921. The van der Waals surface area contributed by atoms with Crippen molar-refractivity contribution in [3.05, 3.63) is 53.1 Å². The molecule has 132 valence electrons. The summed E-state index contributed by atoms with van der Waals surface area (Å²) in [6.07, 6.45) is 2.84. The highest BCUT2D eigenvalue weighted by Gasteiger charge is 2.23. The van der Waals surface area contributed by atoms with Crippen LogP contribution in [0.25, 0.3) is 0 Å². The van der Waals surface area contributed by atoms with Crippen LogP contribution in [0.1, 0.15) is 27.9 Å². The first-order chi connectivity index (χ1) is 11.9. The van der Waals surface area contributed by atoms with E-state index >= 15 is 0 Å². The minimum atomic E-state index is -3.97. The zero-order valence-electron chi connectivity index (χ0n) is 14.0. The Hall–Kier alpha value is -2.54. The van der Waals surface area contributed by atoms with Gasteiger partial charge in [-0.2, -0.15) is 0 Å². The zero-order valence-corrected chi connectivity index (χ0v) is 14.9. The molecular formula is C18H19NO5S. The van der Waals surface area contributed by atoms with Crippen molar-refractivity contribution >= 4 is 15.9 Å². The lowest BCUT2D eigenvalue weighted by molar-refractivity contribution is 0.0978. The Balaban J connectivity index is 1.89. The zero-order chi connectivity index (χ0) is 18.0. The van der Waals surface area contributed by atoms with Gasteiger partial charge in [0, 0.05) is 0 Å². The van der Waals surface area contributed by atoms with Gasteiger partial charge in [-0.05, 0) is 60.7 Å². The van der Waals surface area contributed by atoms with Gasteiger partial charge in [0.1, 0.15) is 11.5 Å². The van der Waals surface area contributed by atoms with Crippen LogP contribution in [0.5, 0.6) is 11.5 Å². The average molecular weight is 361 g/mol. The number of nitrogens with one attached hydrogen (secondary N) is 1. The van der Waals surface area contributed by atoms with Gasteiger partial charge in [-0.1, -0.05) is 6.07 Å². The van der Waals surface area contributed by atoms with E-state index in [1.54, 1.807) is 18.2 Å². The largest absolute Gasteiger partial charge is 0.497 e. The molecule has 1 N–H and O–H groups in total. The molecule has 7 heteroatoms. The Morgan fingerprint density at radius 2 is 1.76 bits per heavy atom. The summed E-state index contributed by atoms with van der Waals surface area (Å²) in [7, 11) is -1.10. The van der Waals surface area contributed by atoms with E-state index in [2.05, 4.69) is 4.72 Å². The molecule has 2 aromatic carbocycles. The third-order valence-corrected chi connectivity index (χ3v) is 5.59. The van der Waals surface area contributed by atoms with Crippen LogP contribution in [0.15, 0.2) is 41.3 Å². The summed E-state index contributed by atoms with van der Waals surface area (Å²) in [6, 6.07) is 9.60. The molecule has 0 atom stereocenters. The number of carbonyl (C=O) groups excluding carboxylic acids is 1. The van der Waals surface area contributed by atoms with Gasteiger partial charge in [-0.3, -0.25) is 4.79 Å². The first-order valence-corrected chi connectivity index (χ1v) is 9.34. The molecular weight excluding hydrogens is 342 g/mol. The highest BCUT2D eigenvalue weighted by Crippen LogP contribution is 2.26. The third-order valence-electron chi connectivity index (χ3n) is 4.26. The monoisotopic (exact) mass is 361 g/mol. The minimum Gasteiger partial charge on any atom is -0.497 e. The highest BCUT2D eigenvalue weighted by molar-refractivity contribution is 7.90. The molecule has 0 unspecified atom stereocenters. The van der Waals surface area contributed by atoms with Crippen LogP contribution in [0.4, 0.5) is 0 Å². The number of benzene rings is 2. The molecule has 2 aromatic rings. The lowest BCUT2D eigenvalue weighted by Crippen LogP contribution is -2.31. The Morgan fingerprint density at radius 3 is 2.48 bits per heavy atom. The smallest absolute Gasteiger partial charge is 0.268 e. The molecule has 0 bridgehead atoms. The van der Waals surface area contributed by atoms with E-state index < -0.39 is 15.9 Å². The maximum Gasteiger partial charge on any atom is 0.268 e. The second-order valence-electron chi connectivity index (χ2n) is 5.78. The number of ether oxygens (including phenoxy) is 2. The predicted octanol–water partition coefficient (Wildman–Crippen LogP) is 2.31. The molecule has 1 amide bonds. The lowest BCUT2D eigenvalue weighted by Gasteiger charge is -2.12. The maximum atomic E-state index is 12.6. The Kier molecular flexibility index (Phi) is 4.67. The van der Waals surface area contributed by atoms with Crippen molar-refractivity contribution in [2.75, 3.05) is 14.2 Å². The quantitative estimate of drug-likeness (QED) is 0.884. The van der Waals surface area contributed by atoms with E-state index in [0.717, 1.165) is 24.8 Å².